The number of fused-ring (bicyclic) bond motifs is 8. The van der Waals surface area contributed by atoms with Crippen LogP contribution in [-0.4, -0.2) is 27.1 Å². The minimum atomic E-state index is 0.572. The van der Waals surface area contributed by atoms with Crippen molar-refractivity contribution in [3.8, 4) is 11.4 Å². The number of nitrogens with zero attached hydrogens (tertiary/aromatic N) is 3. The van der Waals surface area contributed by atoms with E-state index in [0.29, 0.717) is 11.8 Å². The fourth-order valence-corrected chi connectivity index (χ4v) is 7.04. The van der Waals surface area contributed by atoms with Gasteiger partial charge in [-0.1, -0.05) is 66.8 Å². The van der Waals surface area contributed by atoms with Crippen molar-refractivity contribution >= 4 is 39.4 Å². The van der Waals surface area contributed by atoms with Gasteiger partial charge in [0, 0.05) is 18.1 Å². The van der Waals surface area contributed by atoms with Crippen LogP contribution in [-0.2, 0) is 0 Å². The first-order valence-corrected chi connectivity index (χ1v) is 15.1. The average Bonchev–Trinajstić information content (AvgIpc) is 3.54. The van der Waals surface area contributed by atoms with E-state index in [-0.39, 0.29) is 0 Å². The minimum absolute atomic E-state index is 0.572. The van der Waals surface area contributed by atoms with E-state index in [0.717, 1.165) is 47.0 Å². The van der Waals surface area contributed by atoms with Crippen LogP contribution in [0.5, 0.6) is 0 Å². The maximum atomic E-state index is 5.41. The maximum Gasteiger partial charge on any atom is 0.146 e. The molecule has 5 aromatic rings. The fourth-order valence-electron chi connectivity index (χ4n) is 7.04. The topological polar surface area (TPSA) is 45.5 Å². The van der Waals surface area contributed by atoms with Gasteiger partial charge >= 0.3 is 0 Å². The molecule has 0 aliphatic heterocycles. The van der Waals surface area contributed by atoms with Gasteiger partial charge in [-0.05, 0) is 109 Å². The van der Waals surface area contributed by atoms with Crippen LogP contribution in [0.15, 0.2) is 96.0 Å². The number of benzene rings is 2. The number of aliphatic imine (C=N–C) groups is 1. The van der Waals surface area contributed by atoms with Gasteiger partial charge in [-0.2, -0.15) is 0 Å². The maximum absolute atomic E-state index is 5.41. The number of nitrogens with one attached hydrogen (secondary N) is 1. The van der Waals surface area contributed by atoms with Gasteiger partial charge < -0.3 is 4.98 Å². The Labute approximate surface area is 246 Å². The van der Waals surface area contributed by atoms with Crippen LogP contribution in [0, 0.1) is 12.8 Å². The monoisotopic (exact) mass is 546 g/mol. The van der Waals surface area contributed by atoms with E-state index in [4.69, 9.17) is 9.98 Å². The molecule has 0 amide bonds. The van der Waals surface area contributed by atoms with Gasteiger partial charge in [0.1, 0.15) is 17.0 Å². The van der Waals surface area contributed by atoms with E-state index in [1.54, 1.807) is 0 Å². The number of H-pyrrole nitrogens is 1. The van der Waals surface area contributed by atoms with Gasteiger partial charge in [0.05, 0.1) is 17.1 Å². The van der Waals surface area contributed by atoms with E-state index in [9.17, 15) is 0 Å². The molecule has 0 radical (unpaired) electrons. The first kappa shape index (κ1) is 25.0. The van der Waals surface area contributed by atoms with Crippen LogP contribution >= 0.6 is 0 Å². The summed E-state index contributed by atoms with van der Waals surface area (Å²) < 4.78 is 2.39. The number of aromatic amines is 1. The van der Waals surface area contributed by atoms with E-state index in [2.05, 4.69) is 113 Å². The van der Waals surface area contributed by atoms with Crippen LogP contribution < -0.4 is 0 Å². The highest BCUT2D eigenvalue weighted by Gasteiger charge is 2.42. The second-order valence-corrected chi connectivity index (χ2v) is 11.8. The molecule has 1 unspecified atom stereocenters. The molecule has 1 saturated carbocycles. The van der Waals surface area contributed by atoms with Crippen molar-refractivity contribution in [1.82, 2.24) is 14.4 Å². The summed E-state index contributed by atoms with van der Waals surface area (Å²) in [5.41, 5.74) is 14.2. The molecule has 0 bridgehead atoms. The number of imidazole rings is 1. The fraction of sp³-hybridized carbons (Fsp3) is 0.211. The Morgan fingerprint density at radius 1 is 0.976 bits per heavy atom. The number of hydrogen-bond acceptors (Lipinski definition) is 2. The molecule has 3 aliphatic carbocycles. The van der Waals surface area contributed by atoms with Gasteiger partial charge in [0.15, 0.2) is 0 Å². The van der Waals surface area contributed by atoms with Crippen molar-refractivity contribution in [3.05, 3.63) is 125 Å². The number of aryl methyl sites for hydroxylation is 1. The molecule has 3 aromatic heterocycles. The van der Waals surface area contributed by atoms with Crippen molar-refractivity contribution in [3.63, 3.8) is 0 Å². The first-order valence-electron chi connectivity index (χ1n) is 15.1. The molecule has 1 fully saturated rings. The Balaban J connectivity index is 1.39. The zero-order valence-corrected chi connectivity index (χ0v) is 24.4. The van der Waals surface area contributed by atoms with E-state index >= 15 is 0 Å². The molecular formula is C38H34N4. The van der Waals surface area contributed by atoms with Gasteiger partial charge in [-0.15, -0.1) is 0 Å². The Hall–Kier alpha value is -4.70. The molecule has 4 heteroatoms. The van der Waals surface area contributed by atoms with E-state index in [1.807, 2.05) is 14.0 Å². The van der Waals surface area contributed by atoms with Crippen molar-refractivity contribution in [2.24, 2.45) is 10.9 Å². The smallest absolute Gasteiger partial charge is 0.146 e. The minimum Gasteiger partial charge on any atom is -0.357 e. The SMILES string of the molecule is C/C=C\C(=NC)c1c(-c2ccc(C)[nH]2)nc2c3cc(C4=CC=C(c5ccccc5)CC4)ccc3c3c(n12)C=CC1C[C@H]31. The molecule has 3 heterocycles. The van der Waals surface area contributed by atoms with Crippen LogP contribution in [0.4, 0.5) is 0 Å². The molecule has 0 spiro atoms. The Morgan fingerprint density at radius 2 is 1.79 bits per heavy atom. The Kier molecular flexibility index (Phi) is 5.78. The quantitative estimate of drug-likeness (QED) is 0.220. The molecule has 3 aliphatic rings. The molecule has 2 atom stereocenters. The van der Waals surface area contributed by atoms with Gasteiger partial charge in [0.2, 0.25) is 0 Å². The van der Waals surface area contributed by atoms with Crippen LogP contribution in [0.3, 0.4) is 0 Å². The summed E-state index contributed by atoms with van der Waals surface area (Å²) in [5, 5.41) is 2.56. The average molecular weight is 547 g/mol. The highest BCUT2D eigenvalue weighted by Crippen LogP contribution is 2.55. The molecule has 0 saturated heterocycles. The Morgan fingerprint density at radius 3 is 2.50 bits per heavy atom. The summed E-state index contributed by atoms with van der Waals surface area (Å²) in [6.45, 7) is 4.14. The highest BCUT2D eigenvalue weighted by molar-refractivity contribution is 6.13. The van der Waals surface area contributed by atoms with Gasteiger partial charge in [-0.3, -0.25) is 9.39 Å². The lowest BCUT2D eigenvalue weighted by Crippen LogP contribution is -2.10. The van der Waals surface area contributed by atoms with E-state index in [1.165, 1.54) is 50.7 Å². The standard InChI is InChI=1S/C38H34N4/c1-4-8-33(39-3)37-36(32-19-11-23(2)40-32)41-38-31-21-27(26-14-12-25(13-15-26)24-9-6-5-7-10-24)16-18-29(31)35-30-22-28(30)17-20-34(35)42(37)38/h4-12,14,16-21,28,30,40H,13,15,22H2,1-3H3/b8-4-,39-33?/t28?,30-/m0/s1. The summed E-state index contributed by atoms with van der Waals surface area (Å²) in [7, 11) is 1.88. The number of rotatable bonds is 5. The second-order valence-electron chi connectivity index (χ2n) is 11.8. The van der Waals surface area contributed by atoms with Crippen molar-refractivity contribution < 1.29 is 0 Å². The third-order valence-corrected chi connectivity index (χ3v) is 9.22. The first-order chi connectivity index (χ1) is 20.6. The summed E-state index contributed by atoms with van der Waals surface area (Å²) in [6, 6.07) is 22.1. The summed E-state index contributed by atoms with van der Waals surface area (Å²) >= 11 is 0. The molecule has 1 N–H and O–H groups in total. The van der Waals surface area contributed by atoms with Crippen molar-refractivity contribution in [2.45, 2.75) is 39.0 Å². The van der Waals surface area contributed by atoms with Gasteiger partial charge in [-0.25, -0.2) is 4.98 Å². The lowest BCUT2D eigenvalue weighted by atomic mass is 9.88. The van der Waals surface area contributed by atoms with Gasteiger partial charge in [0.25, 0.3) is 0 Å². The van der Waals surface area contributed by atoms with Crippen LogP contribution in [0.2, 0.25) is 0 Å². The lowest BCUT2D eigenvalue weighted by Gasteiger charge is -2.20. The summed E-state index contributed by atoms with van der Waals surface area (Å²) in [5.74, 6) is 1.22. The van der Waals surface area contributed by atoms with Crippen molar-refractivity contribution in [2.75, 3.05) is 7.05 Å². The number of allylic oxidation sites excluding steroid dienone is 7. The van der Waals surface area contributed by atoms with Crippen LogP contribution in [0.25, 0.3) is 45.0 Å². The highest BCUT2D eigenvalue weighted by atomic mass is 15.1. The summed E-state index contributed by atoms with van der Waals surface area (Å²) in [6.07, 6.45) is 16.8. The zero-order valence-electron chi connectivity index (χ0n) is 24.4. The third kappa shape index (κ3) is 3.89. The number of pyridine rings is 1. The molecule has 8 rings (SSSR count). The largest absolute Gasteiger partial charge is 0.357 e. The van der Waals surface area contributed by atoms with E-state index < -0.39 is 0 Å². The third-order valence-electron chi connectivity index (χ3n) is 9.22. The normalized spacial score (nSPS) is 19.7. The van der Waals surface area contributed by atoms with Crippen molar-refractivity contribution in [1.29, 1.82) is 0 Å². The molecule has 206 valence electrons. The predicted octanol–water partition coefficient (Wildman–Crippen LogP) is 9.18. The molecule has 2 aromatic carbocycles. The predicted molar refractivity (Wildman–Crippen MR) is 176 cm³/mol. The lowest BCUT2D eigenvalue weighted by molar-refractivity contribution is 0.970. The van der Waals surface area contributed by atoms with Crippen LogP contribution in [0.1, 0.15) is 65.9 Å². The number of aromatic nitrogens is 3. The zero-order chi connectivity index (χ0) is 28.4. The molecule has 42 heavy (non-hydrogen) atoms. The summed E-state index contributed by atoms with van der Waals surface area (Å²) in [4.78, 5) is 13.7. The second kappa shape index (κ2) is 9.70. The molecule has 4 nitrogen and oxygen atoms in total. The molecular weight excluding hydrogens is 512 g/mol. The number of hydrogen-bond donors (Lipinski definition) is 1. The Bertz CT molecular complexity index is 2040.